The van der Waals surface area contributed by atoms with Gasteiger partial charge in [-0.2, -0.15) is 0 Å². The molecule has 0 nitrogen and oxygen atoms in total. The number of hydrogen-bond donors (Lipinski definition) is 0. The van der Waals surface area contributed by atoms with Crippen LogP contribution in [0.1, 0.15) is 56.3 Å². The highest BCUT2D eigenvalue weighted by Crippen LogP contribution is 2.43. The van der Waals surface area contributed by atoms with Crippen molar-refractivity contribution in [2.75, 3.05) is 0 Å². The predicted octanol–water partition coefficient (Wildman–Crippen LogP) is 6.58. The third-order valence-corrected chi connectivity index (χ3v) is 6.08. The molecule has 0 heteroatoms. The third-order valence-electron chi connectivity index (χ3n) is 6.08. The number of hydrogen-bond acceptors (Lipinski definition) is 0. The molecule has 0 aliphatic carbocycles. The molecule has 0 spiro atoms. The van der Waals surface area contributed by atoms with Crippen molar-refractivity contribution in [1.82, 2.24) is 0 Å². The Morgan fingerprint density at radius 2 is 0.500 bits per heavy atom. The van der Waals surface area contributed by atoms with E-state index in [1.54, 1.807) is 0 Å². The van der Waals surface area contributed by atoms with Gasteiger partial charge in [0, 0.05) is 34.1 Å². The SMILES string of the molecule is C#Cc1ccc(C(c2ccc(C#C)cc2)C(c2ccc(C#C)cc2)c2ccc(C#C)cc2)cc1. The van der Waals surface area contributed by atoms with Crippen molar-refractivity contribution < 1.29 is 0 Å². The molecule has 0 heterocycles. The predicted molar refractivity (Wildman–Crippen MR) is 141 cm³/mol. The monoisotopic (exact) mass is 430 g/mol. The first-order chi connectivity index (χ1) is 16.7. The molecule has 0 aromatic heterocycles. The van der Waals surface area contributed by atoms with E-state index in [9.17, 15) is 0 Å². The summed E-state index contributed by atoms with van der Waals surface area (Å²) in [5, 5.41) is 0. The number of rotatable bonds is 5. The van der Waals surface area contributed by atoms with Crippen LogP contribution in [-0.4, -0.2) is 0 Å². The molecule has 4 rings (SSSR count). The smallest absolute Gasteiger partial charge is 0.0242 e. The molecule has 4 aromatic carbocycles. The van der Waals surface area contributed by atoms with Crippen molar-refractivity contribution in [3.05, 3.63) is 142 Å². The van der Waals surface area contributed by atoms with Gasteiger partial charge in [0.05, 0.1) is 0 Å². The molecule has 0 unspecified atom stereocenters. The Morgan fingerprint density at radius 1 is 0.324 bits per heavy atom. The van der Waals surface area contributed by atoms with E-state index >= 15 is 0 Å². The Labute approximate surface area is 202 Å². The van der Waals surface area contributed by atoms with E-state index in [0.29, 0.717) is 0 Å². The van der Waals surface area contributed by atoms with Crippen molar-refractivity contribution in [3.8, 4) is 49.4 Å². The minimum atomic E-state index is 0.00650. The average molecular weight is 431 g/mol. The first-order valence-electron chi connectivity index (χ1n) is 10.9. The van der Waals surface area contributed by atoms with E-state index in [2.05, 4.69) is 72.2 Å². The molecular formula is C34H22. The van der Waals surface area contributed by atoms with Gasteiger partial charge in [-0.15, -0.1) is 25.7 Å². The minimum Gasteiger partial charge on any atom is -0.115 e. The lowest BCUT2D eigenvalue weighted by Crippen LogP contribution is -2.15. The molecule has 0 radical (unpaired) electrons. The second-order valence-electron chi connectivity index (χ2n) is 8.02. The Hall–Kier alpha value is -4.88. The van der Waals surface area contributed by atoms with Crippen LogP contribution < -0.4 is 0 Å². The van der Waals surface area contributed by atoms with E-state index in [-0.39, 0.29) is 11.8 Å². The van der Waals surface area contributed by atoms with Gasteiger partial charge in [-0.1, -0.05) is 72.2 Å². The van der Waals surface area contributed by atoms with Gasteiger partial charge in [-0.25, -0.2) is 0 Å². The first-order valence-corrected chi connectivity index (χ1v) is 10.9. The van der Waals surface area contributed by atoms with Crippen molar-refractivity contribution in [2.45, 2.75) is 11.8 Å². The fourth-order valence-electron chi connectivity index (χ4n) is 4.30. The van der Waals surface area contributed by atoms with Gasteiger partial charge in [0.2, 0.25) is 0 Å². The molecule has 0 aliphatic heterocycles. The Kier molecular flexibility index (Phi) is 6.67. The summed E-state index contributed by atoms with van der Waals surface area (Å²) in [5.74, 6) is 10.8. The van der Waals surface area contributed by atoms with Crippen LogP contribution in [-0.2, 0) is 0 Å². The highest BCUT2D eigenvalue weighted by atomic mass is 14.3. The lowest BCUT2D eigenvalue weighted by molar-refractivity contribution is 0.694. The Balaban J connectivity index is 1.94. The molecule has 0 saturated heterocycles. The number of terminal acetylenes is 4. The van der Waals surface area contributed by atoms with E-state index in [0.717, 1.165) is 44.5 Å². The maximum atomic E-state index is 5.61. The molecule has 0 bridgehead atoms. The maximum absolute atomic E-state index is 5.61. The Bertz CT molecular complexity index is 1200. The van der Waals surface area contributed by atoms with Crippen LogP contribution in [0.5, 0.6) is 0 Å². The molecule has 0 amide bonds. The van der Waals surface area contributed by atoms with Gasteiger partial charge in [0.25, 0.3) is 0 Å². The zero-order chi connectivity index (χ0) is 23.9. The van der Waals surface area contributed by atoms with Gasteiger partial charge in [0.1, 0.15) is 0 Å². The largest absolute Gasteiger partial charge is 0.115 e. The quantitative estimate of drug-likeness (QED) is 0.314. The number of benzene rings is 4. The summed E-state index contributed by atoms with van der Waals surface area (Å²) < 4.78 is 0. The van der Waals surface area contributed by atoms with Crippen LogP contribution in [0.4, 0.5) is 0 Å². The second-order valence-corrected chi connectivity index (χ2v) is 8.02. The van der Waals surface area contributed by atoms with Gasteiger partial charge < -0.3 is 0 Å². The van der Waals surface area contributed by atoms with E-state index < -0.39 is 0 Å². The van der Waals surface area contributed by atoms with E-state index in [4.69, 9.17) is 25.7 Å². The lowest BCUT2D eigenvalue weighted by atomic mass is 9.73. The van der Waals surface area contributed by atoms with Crippen molar-refractivity contribution in [3.63, 3.8) is 0 Å². The normalized spacial score (nSPS) is 10.2. The summed E-state index contributed by atoms with van der Waals surface area (Å²) >= 11 is 0. The standard InChI is InChI=1S/C34H22/c1-5-25-9-17-29(18-10-25)33(30-19-11-26(6-2)12-20-30)34(31-21-13-27(7-3)14-22-31)32-23-15-28(8-4)16-24-32/h1-4,9-24,33-34H. The van der Waals surface area contributed by atoms with Crippen molar-refractivity contribution in [1.29, 1.82) is 0 Å². The molecule has 158 valence electrons. The summed E-state index contributed by atoms with van der Waals surface area (Å²) in [6.07, 6.45) is 22.5. The minimum absolute atomic E-state index is 0.00650. The van der Waals surface area contributed by atoms with Gasteiger partial charge in [0.15, 0.2) is 0 Å². The van der Waals surface area contributed by atoms with Crippen molar-refractivity contribution >= 4 is 0 Å². The van der Waals surface area contributed by atoms with Gasteiger partial charge in [-0.05, 0) is 70.8 Å². The Morgan fingerprint density at radius 3 is 0.647 bits per heavy atom. The molecular weight excluding hydrogens is 408 g/mol. The summed E-state index contributed by atoms with van der Waals surface area (Å²) in [6.45, 7) is 0. The van der Waals surface area contributed by atoms with Crippen LogP contribution in [0, 0.1) is 49.4 Å². The van der Waals surface area contributed by atoms with Crippen LogP contribution in [0.2, 0.25) is 0 Å². The molecule has 0 aliphatic rings. The molecule has 0 fully saturated rings. The summed E-state index contributed by atoms with van der Waals surface area (Å²) in [6, 6.07) is 32.7. The van der Waals surface area contributed by atoms with Gasteiger partial charge >= 0.3 is 0 Å². The zero-order valence-electron chi connectivity index (χ0n) is 18.7. The summed E-state index contributed by atoms with van der Waals surface area (Å²) in [4.78, 5) is 0. The topological polar surface area (TPSA) is 0 Å². The lowest BCUT2D eigenvalue weighted by Gasteiger charge is -2.30. The van der Waals surface area contributed by atoms with Crippen LogP contribution in [0.3, 0.4) is 0 Å². The van der Waals surface area contributed by atoms with Crippen LogP contribution in [0.25, 0.3) is 0 Å². The first kappa shape index (κ1) is 22.3. The molecule has 34 heavy (non-hydrogen) atoms. The second kappa shape index (κ2) is 10.2. The zero-order valence-corrected chi connectivity index (χ0v) is 18.7. The van der Waals surface area contributed by atoms with E-state index in [1.165, 1.54) is 0 Å². The summed E-state index contributed by atoms with van der Waals surface area (Å²) in [7, 11) is 0. The summed E-state index contributed by atoms with van der Waals surface area (Å²) in [5.41, 5.74) is 7.99. The van der Waals surface area contributed by atoms with Crippen LogP contribution in [0.15, 0.2) is 97.1 Å². The highest BCUT2D eigenvalue weighted by Gasteiger charge is 2.28. The third kappa shape index (κ3) is 4.64. The fourth-order valence-corrected chi connectivity index (χ4v) is 4.30. The average Bonchev–Trinajstić information content (AvgIpc) is 2.92. The fraction of sp³-hybridized carbons (Fsp3) is 0.0588. The highest BCUT2D eigenvalue weighted by molar-refractivity contribution is 5.50. The molecule has 4 aromatic rings. The van der Waals surface area contributed by atoms with Crippen LogP contribution >= 0.6 is 0 Å². The maximum Gasteiger partial charge on any atom is 0.0242 e. The van der Waals surface area contributed by atoms with Gasteiger partial charge in [-0.3, -0.25) is 0 Å². The van der Waals surface area contributed by atoms with Crippen molar-refractivity contribution in [2.24, 2.45) is 0 Å². The molecule has 0 atom stereocenters. The molecule has 0 saturated carbocycles. The molecule has 0 N–H and O–H groups in total. The van der Waals surface area contributed by atoms with E-state index in [1.807, 2.05) is 48.5 Å².